The lowest BCUT2D eigenvalue weighted by molar-refractivity contribution is -0.151. The number of rotatable bonds is 3. The summed E-state index contributed by atoms with van der Waals surface area (Å²) in [6, 6.07) is 12.3. The Hall–Kier alpha value is -2.76. The summed E-state index contributed by atoms with van der Waals surface area (Å²) in [5, 5.41) is 2.83. The first-order valence-electron chi connectivity index (χ1n) is 9.63. The van der Waals surface area contributed by atoms with Crippen molar-refractivity contribution in [1.82, 2.24) is 10.2 Å². The monoisotopic (exact) mass is 384 g/mol. The van der Waals surface area contributed by atoms with Gasteiger partial charge >= 0.3 is 11.8 Å². The first-order chi connectivity index (χ1) is 13.5. The van der Waals surface area contributed by atoms with Gasteiger partial charge in [-0.2, -0.15) is 0 Å². The Labute approximate surface area is 162 Å². The Balaban J connectivity index is 1.34. The molecule has 1 aliphatic carbocycles. The Morgan fingerprint density at radius 1 is 0.929 bits per heavy atom. The number of carbonyl (C=O) groups is 2. The van der Waals surface area contributed by atoms with E-state index in [4.69, 9.17) is 0 Å². The van der Waals surface area contributed by atoms with E-state index in [0.717, 1.165) is 18.4 Å². The van der Waals surface area contributed by atoms with Crippen molar-refractivity contribution < 1.29 is 18.4 Å². The number of nitrogens with one attached hydrogen (secondary N) is 1. The smallest absolute Gasteiger partial charge is 0.312 e. The number of amides is 2. The van der Waals surface area contributed by atoms with Crippen LogP contribution in [0.2, 0.25) is 0 Å². The van der Waals surface area contributed by atoms with Crippen LogP contribution in [0, 0.1) is 11.6 Å². The van der Waals surface area contributed by atoms with Crippen LogP contribution in [0.4, 0.5) is 8.78 Å². The zero-order valence-electron chi connectivity index (χ0n) is 15.4. The highest BCUT2D eigenvalue weighted by molar-refractivity contribution is 6.35. The quantitative estimate of drug-likeness (QED) is 0.821. The Morgan fingerprint density at radius 3 is 2.25 bits per heavy atom. The van der Waals surface area contributed by atoms with E-state index in [9.17, 15) is 18.4 Å². The third kappa shape index (κ3) is 3.77. The Morgan fingerprint density at radius 2 is 1.61 bits per heavy atom. The maximum Gasteiger partial charge on any atom is 0.312 e. The van der Waals surface area contributed by atoms with Crippen molar-refractivity contribution in [2.45, 2.75) is 43.7 Å². The molecule has 2 aliphatic rings. The number of hydrogen-bond acceptors (Lipinski definition) is 2. The van der Waals surface area contributed by atoms with E-state index < -0.39 is 11.8 Å². The number of halogens is 2. The van der Waals surface area contributed by atoms with Crippen LogP contribution in [0.25, 0.3) is 0 Å². The lowest BCUT2D eigenvalue weighted by Crippen LogP contribution is -2.52. The summed E-state index contributed by atoms with van der Waals surface area (Å²) in [4.78, 5) is 26.5. The topological polar surface area (TPSA) is 49.4 Å². The van der Waals surface area contributed by atoms with Crippen LogP contribution in [0.5, 0.6) is 0 Å². The predicted octanol–water partition coefficient (Wildman–Crippen LogP) is 3.69. The molecule has 3 atom stereocenters. The lowest BCUT2D eigenvalue weighted by atomic mass is 9.94. The summed E-state index contributed by atoms with van der Waals surface area (Å²) >= 11 is 0. The zero-order valence-corrected chi connectivity index (χ0v) is 15.4. The maximum absolute atomic E-state index is 13.4. The summed E-state index contributed by atoms with van der Waals surface area (Å²) in [6.07, 6.45) is 3.01. The molecule has 2 fully saturated rings. The fourth-order valence-electron chi connectivity index (χ4n) is 4.24. The van der Waals surface area contributed by atoms with Crippen molar-refractivity contribution in [1.29, 1.82) is 0 Å². The highest BCUT2D eigenvalue weighted by atomic mass is 19.1. The van der Waals surface area contributed by atoms with Crippen molar-refractivity contribution in [2.24, 2.45) is 0 Å². The van der Waals surface area contributed by atoms with Crippen LogP contribution in [0.1, 0.15) is 48.8 Å². The first-order valence-corrected chi connectivity index (χ1v) is 9.63. The minimum atomic E-state index is -0.619. The van der Waals surface area contributed by atoms with Crippen LogP contribution in [-0.2, 0) is 9.59 Å². The zero-order chi connectivity index (χ0) is 19.7. The second-order valence-corrected chi connectivity index (χ2v) is 7.59. The van der Waals surface area contributed by atoms with Crippen molar-refractivity contribution in [3.8, 4) is 0 Å². The van der Waals surface area contributed by atoms with Crippen LogP contribution < -0.4 is 5.32 Å². The molecule has 2 aromatic carbocycles. The molecule has 2 amide bonds. The van der Waals surface area contributed by atoms with E-state index in [1.807, 2.05) is 6.07 Å². The van der Waals surface area contributed by atoms with Crippen LogP contribution in [0.3, 0.4) is 0 Å². The van der Waals surface area contributed by atoms with Gasteiger partial charge in [0.2, 0.25) is 0 Å². The van der Waals surface area contributed by atoms with Gasteiger partial charge in [0, 0.05) is 12.6 Å². The largest absolute Gasteiger partial charge is 0.345 e. The summed E-state index contributed by atoms with van der Waals surface area (Å²) in [6.45, 7) is 0.490. The summed E-state index contributed by atoms with van der Waals surface area (Å²) in [5.41, 5.74) is 1.64. The summed E-state index contributed by atoms with van der Waals surface area (Å²) < 4.78 is 26.9. The second-order valence-electron chi connectivity index (χ2n) is 7.59. The molecule has 28 heavy (non-hydrogen) atoms. The van der Waals surface area contributed by atoms with Crippen molar-refractivity contribution in [2.75, 3.05) is 6.54 Å². The maximum atomic E-state index is 13.4. The molecule has 4 nitrogen and oxygen atoms in total. The van der Waals surface area contributed by atoms with Gasteiger partial charge < -0.3 is 10.2 Å². The van der Waals surface area contributed by atoms with Gasteiger partial charge in [0.25, 0.3) is 0 Å². The molecule has 4 rings (SSSR count). The minimum absolute atomic E-state index is 0.0985. The molecule has 0 aromatic heterocycles. The normalized spacial score (nSPS) is 23.9. The summed E-state index contributed by atoms with van der Waals surface area (Å²) in [5.74, 6) is -1.63. The van der Waals surface area contributed by atoms with E-state index in [2.05, 4.69) is 5.32 Å². The highest BCUT2D eigenvalue weighted by Crippen LogP contribution is 2.36. The molecule has 1 saturated heterocycles. The standard InChI is InChI=1S/C22H22F2N2O2/c23-17-5-1-3-14(11-17)15-7-8-19(13-15)25-21(27)22(28)26-10-9-20(26)16-4-2-6-18(24)12-16/h1-6,11-12,15,19-20H,7-10,13H2,(H,25,27). The molecule has 1 saturated carbocycles. The van der Waals surface area contributed by atoms with E-state index in [0.29, 0.717) is 24.9 Å². The lowest BCUT2D eigenvalue weighted by Gasteiger charge is -2.41. The highest BCUT2D eigenvalue weighted by Gasteiger charge is 2.38. The SMILES string of the molecule is O=C(NC1CCC(c2cccc(F)c2)C1)C(=O)N1CCC1c1cccc(F)c1. The molecule has 1 aliphatic heterocycles. The molecule has 146 valence electrons. The average Bonchev–Trinajstić information content (AvgIpc) is 3.09. The third-order valence-corrected chi connectivity index (χ3v) is 5.80. The van der Waals surface area contributed by atoms with E-state index in [1.54, 1.807) is 18.2 Å². The summed E-state index contributed by atoms with van der Waals surface area (Å²) in [7, 11) is 0. The van der Waals surface area contributed by atoms with Crippen molar-refractivity contribution in [3.05, 3.63) is 71.3 Å². The number of hydrogen-bond donors (Lipinski definition) is 1. The molecule has 3 unspecified atom stereocenters. The van der Waals surface area contributed by atoms with E-state index in [-0.39, 0.29) is 29.6 Å². The molecule has 0 spiro atoms. The van der Waals surface area contributed by atoms with Gasteiger partial charge in [0.15, 0.2) is 0 Å². The van der Waals surface area contributed by atoms with Gasteiger partial charge in [0.05, 0.1) is 6.04 Å². The molecule has 0 radical (unpaired) electrons. The van der Waals surface area contributed by atoms with Gasteiger partial charge in [-0.3, -0.25) is 9.59 Å². The van der Waals surface area contributed by atoms with Gasteiger partial charge in [-0.05, 0) is 67.0 Å². The first kappa shape index (κ1) is 18.6. The van der Waals surface area contributed by atoms with Crippen LogP contribution >= 0.6 is 0 Å². The van der Waals surface area contributed by atoms with Gasteiger partial charge in [-0.25, -0.2) is 8.78 Å². The molecule has 1 N–H and O–H groups in total. The Kier molecular flexibility index (Phi) is 5.11. The molecule has 6 heteroatoms. The van der Waals surface area contributed by atoms with Gasteiger partial charge in [-0.1, -0.05) is 24.3 Å². The molecule has 1 heterocycles. The molecule has 2 aromatic rings. The average molecular weight is 384 g/mol. The molecule has 0 bridgehead atoms. The number of likely N-dealkylation sites (tertiary alicyclic amines) is 1. The van der Waals surface area contributed by atoms with Crippen molar-refractivity contribution in [3.63, 3.8) is 0 Å². The van der Waals surface area contributed by atoms with Crippen molar-refractivity contribution >= 4 is 11.8 Å². The fraction of sp³-hybridized carbons (Fsp3) is 0.364. The van der Waals surface area contributed by atoms with Crippen LogP contribution in [0.15, 0.2) is 48.5 Å². The second kappa shape index (κ2) is 7.70. The van der Waals surface area contributed by atoms with Crippen LogP contribution in [-0.4, -0.2) is 29.3 Å². The number of carbonyl (C=O) groups excluding carboxylic acids is 2. The number of nitrogens with zero attached hydrogens (tertiary/aromatic N) is 1. The van der Waals surface area contributed by atoms with Gasteiger partial charge in [-0.15, -0.1) is 0 Å². The van der Waals surface area contributed by atoms with Gasteiger partial charge in [0.1, 0.15) is 11.6 Å². The Bertz CT molecular complexity index is 902. The molecular weight excluding hydrogens is 362 g/mol. The van der Waals surface area contributed by atoms with E-state index in [1.165, 1.54) is 29.2 Å². The van der Waals surface area contributed by atoms with E-state index >= 15 is 0 Å². The molecular formula is C22H22F2N2O2. The number of benzene rings is 2. The third-order valence-electron chi connectivity index (χ3n) is 5.80. The fourth-order valence-corrected chi connectivity index (χ4v) is 4.24. The predicted molar refractivity (Wildman–Crippen MR) is 100 cm³/mol. The minimum Gasteiger partial charge on any atom is -0.345 e.